The van der Waals surface area contributed by atoms with Crippen LogP contribution in [0.1, 0.15) is 33.5 Å². The Bertz CT molecular complexity index is 930. The summed E-state index contributed by atoms with van der Waals surface area (Å²) < 4.78 is 23.5. The van der Waals surface area contributed by atoms with Gasteiger partial charge in [-0.15, -0.1) is 0 Å². The van der Waals surface area contributed by atoms with Gasteiger partial charge in [-0.25, -0.2) is 4.39 Å². The summed E-state index contributed by atoms with van der Waals surface area (Å²) in [6.07, 6.45) is 0.452. The topological polar surface area (TPSA) is 67.9 Å². The lowest BCUT2D eigenvalue weighted by molar-refractivity contribution is -0.146. The minimum Gasteiger partial charge on any atom is -0.496 e. The number of nitrogens with one attached hydrogen (secondary N) is 1. The van der Waals surface area contributed by atoms with Gasteiger partial charge in [0.15, 0.2) is 0 Å². The van der Waals surface area contributed by atoms with E-state index in [1.54, 1.807) is 7.11 Å². The van der Waals surface area contributed by atoms with Crippen LogP contribution in [-0.4, -0.2) is 49.6 Å². The zero-order valence-corrected chi connectivity index (χ0v) is 17.7. The zero-order chi connectivity index (χ0) is 21.8. The van der Waals surface area contributed by atoms with Crippen LogP contribution in [0, 0.1) is 19.7 Å². The summed E-state index contributed by atoms with van der Waals surface area (Å²) in [5.41, 5.74) is 3.56. The molecule has 0 saturated carbocycles. The smallest absolute Gasteiger partial charge is 0.323 e. The molecular formula is C23H27FN2O4. The van der Waals surface area contributed by atoms with Crippen LogP contribution in [-0.2, 0) is 16.1 Å². The number of hydrogen-bond acceptors (Lipinski definition) is 5. The van der Waals surface area contributed by atoms with Gasteiger partial charge in [0, 0.05) is 24.7 Å². The number of carbonyl (C=O) groups excluding carboxylic acids is 2. The van der Waals surface area contributed by atoms with Crippen molar-refractivity contribution in [1.29, 1.82) is 0 Å². The SMILES string of the molecule is COC(=O)[C@@H]1C[C@@H](NC(=O)c2ccc(F)cc2)CN1Cc1cc(C)c(OC)cc1C. The van der Waals surface area contributed by atoms with E-state index in [0.717, 1.165) is 22.4 Å². The number of carbonyl (C=O) groups is 2. The van der Waals surface area contributed by atoms with Crippen LogP contribution >= 0.6 is 0 Å². The van der Waals surface area contributed by atoms with Crippen LogP contribution in [0.25, 0.3) is 0 Å². The minimum absolute atomic E-state index is 0.216. The highest BCUT2D eigenvalue weighted by Gasteiger charge is 2.38. The molecule has 2 aromatic rings. The summed E-state index contributed by atoms with van der Waals surface area (Å²) >= 11 is 0. The fraction of sp³-hybridized carbons (Fsp3) is 0.391. The van der Waals surface area contributed by atoms with E-state index in [1.165, 1.54) is 31.4 Å². The summed E-state index contributed by atoms with van der Waals surface area (Å²) in [6.45, 7) is 5.06. The third kappa shape index (κ3) is 4.79. The predicted octanol–water partition coefficient (Wildman–Crippen LogP) is 3.00. The summed E-state index contributed by atoms with van der Waals surface area (Å²) in [5.74, 6) is -0.181. The molecule has 160 valence electrons. The Balaban J connectivity index is 1.75. The molecule has 0 radical (unpaired) electrons. The number of rotatable bonds is 6. The van der Waals surface area contributed by atoms with Gasteiger partial charge in [0.2, 0.25) is 0 Å². The van der Waals surface area contributed by atoms with Crippen LogP contribution in [0.5, 0.6) is 5.75 Å². The Labute approximate surface area is 176 Å². The Morgan fingerprint density at radius 3 is 2.47 bits per heavy atom. The molecule has 0 bridgehead atoms. The Hall–Kier alpha value is -2.93. The first-order chi connectivity index (χ1) is 14.3. The number of likely N-dealkylation sites (tertiary alicyclic amines) is 1. The summed E-state index contributed by atoms with van der Waals surface area (Å²) in [4.78, 5) is 26.9. The number of benzene rings is 2. The van der Waals surface area contributed by atoms with Crippen molar-refractivity contribution in [2.75, 3.05) is 20.8 Å². The minimum atomic E-state index is -0.449. The molecule has 0 aromatic heterocycles. The van der Waals surface area contributed by atoms with Gasteiger partial charge in [0.1, 0.15) is 17.6 Å². The molecule has 6 nitrogen and oxygen atoms in total. The monoisotopic (exact) mass is 414 g/mol. The van der Waals surface area contributed by atoms with E-state index in [2.05, 4.69) is 11.4 Å². The van der Waals surface area contributed by atoms with Crippen LogP contribution in [0.4, 0.5) is 4.39 Å². The van der Waals surface area contributed by atoms with E-state index in [0.29, 0.717) is 25.1 Å². The summed E-state index contributed by atoms with van der Waals surface area (Å²) in [5, 5.41) is 2.95. The molecule has 1 aliphatic rings. The van der Waals surface area contributed by atoms with Crippen molar-refractivity contribution in [2.24, 2.45) is 0 Å². The first kappa shape index (κ1) is 21.8. The van der Waals surface area contributed by atoms with Gasteiger partial charge in [-0.2, -0.15) is 0 Å². The van der Waals surface area contributed by atoms with Gasteiger partial charge in [-0.3, -0.25) is 14.5 Å². The highest BCUT2D eigenvalue weighted by atomic mass is 19.1. The first-order valence-electron chi connectivity index (χ1n) is 9.84. The van der Waals surface area contributed by atoms with Crippen LogP contribution in [0.15, 0.2) is 36.4 Å². The zero-order valence-electron chi connectivity index (χ0n) is 17.7. The van der Waals surface area contributed by atoms with Gasteiger partial charge in [0.05, 0.1) is 14.2 Å². The van der Waals surface area contributed by atoms with Crippen molar-refractivity contribution in [2.45, 2.75) is 38.9 Å². The Morgan fingerprint density at radius 1 is 1.13 bits per heavy atom. The fourth-order valence-electron chi connectivity index (χ4n) is 3.89. The number of methoxy groups -OCH3 is 2. The second-order valence-corrected chi connectivity index (χ2v) is 7.63. The number of nitrogens with zero attached hydrogens (tertiary/aromatic N) is 1. The molecule has 2 aromatic carbocycles. The third-order valence-corrected chi connectivity index (χ3v) is 5.55. The molecule has 2 atom stereocenters. The quantitative estimate of drug-likeness (QED) is 0.736. The molecule has 1 aliphatic heterocycles. The van der Waals surface area contributed by atoms with Crippen molar-refractivity contribution in [3.05, 3.63) is 64.5 Å². The molecule has 1 saturated heterocycles. The summed E-state index contributed by atoms with van der Waals surface area (Å²) in [7, 11) is 3.01. The molecule has 3 rings (SSSR count). The fourth-order valence-corrected chi connectivity index (χ4v) is 3.89. The van der Waals surface area contributed by atoms with Gasteiger partial charge in [-0.1, -0.05) is 6.07 Å². The highest BCUT2D eigenvalue weighted by molar-refractivity contribution is 5.94. The molecule has 0 aliphatic carbocycles. The van der Waals surface area contributed by atoms with Gasteiger partial charge in [0.25, 0.3) is 5.91 Å². The summed E-state index contributed by atoms with van der Waals surface area (Å²) in [6, 6.07) is 8.78. The van der Waals surface area contributed by atoms with E-state index >= 15 is 0 Å². The Kier molecular flexibility index (Phi) is 6.72. The number of halogens is 1. The number of hydrogen-bond donors (Lipinski definition) is 1. The molecular weight excluding hydrogens is 387 g/mol. The third-order valence-electron chi connectivity index (χ3n) is 5.55. The maximum atomic E-state index is 13.1. The maximum absolute atomic E-state index is 13.1. The van der Waals surface area contributed by atoms with Gasteiger partial charge >= 0.3 is 5.97 Å². The van der Waals surface area contributed by atoms with Crippen molar-refractivity contribution >= 4 is 11.9 Å². The van der Waals surface area contributed by atoms with Crippen LogP contribution in [0.2, 0.25) is 0 Å². The highest BCUT2D eigenvalue weighted by Crippen LogP contribution is 2.27. The lowest BCUT2D eigenvalue weighted by Gasteiger charge is -2.23. The lowest BCUT2D eigenvalue weighted by atomic mass is 10.0. The van der Waals surface area contributed by atoms with Gasteiger partial charge in [-0.05, 0) is 67.3 Å². The molecule has 0 spiro atoms. The van der Waals surface area contributed by atoms with E-state index in [-0.39, 0.29) is 17.9 Å². The second kappa shape index (κ2) is 9.26. The largest absolute Gasteiger partial charge is 0.496 e. The molecule has 1 N–H and O–H groups in total. The van der Waals surface area contributed by atoms with Gasteiger partial charge < -0.3 is 14.8 Å². The molecule has 1 fully saturated rings. The lowest BCUT2D eigenvalue weighted by Crippen LogP contribution is -2.38. The van der Waals surface area contributed by atoms with Crippen molar-refractivity contribution in [3.63, 3.8) is 0 Å². The molecule has 7 heteroatoms. The predicted molar refractivity (Wildman–Crippen MR) is 111 cm³/mol. The molecule has 1 amide bonds. The molecule has 30 heavy (non-hydrogen) atoms. The second-order valence-electron chi connectivity index (χ2n) is 7.63. The van der Waals surface area contributed by atoms with E-state index in [9.17, 15) is 14.0 Å². The normalized spacial score (nSPS) is 18.8. The number of amides is 1. The Morgan fingerprint density at radius 2 is 1.83 bits per heavy atom. The van der Waals surface area contributed by atoms with Crippen molar-refractivity contribution in [3.8, 4) is 5.75 Å². The molecule has 0 unspecified atom stereocenters. The number of esters is 1. The van der Waals surface area contributed by atoms with E-state index in [1.807, 2.05) is 24.8 Å². The van der Waals surface area contributed by atoms with E-state index in [4.69, 9.17) is 9.47 Å². The van der Waals surface area contributed by atoms with Crippen LogP contribution < -0.4 is 10.1 Å². The van der Waals surface area contributed by atoms with Crippen molar-refractivity contribution in [1.82, 2.24) is 10.2 Å². The number of aryl methyl sites for hydroxylation is 2. The van der Waals surface area contributed by atoms with Crippen LogP contribution in [0.3, 0.4) is 0 Å². The average molecular weight is 414 g/mol. The average Bonchev–Trinajstić information content (AvgIpc) is 3.12. The number of ether oxygens (including phenoxy) is 2. The first-order valence-corrected chi connectivity index (χ1v) is 9.84. The maximum Gasteiger partial charge on any atom is 0.323 e. The standard InChI is InChI=1S/C23H27FN2O4/c1-14-10-21(29-3)15(2)9-17(14)12-26-13-19(11-20(26)23(28)30-4)25-22(27)16-5-7-18(24)8-6-16/h5-10,19-20H,11-13H2,1-4H3,(H,25,27)/t19-,20+/m1/s1. The molecule has 1 heterocycles. The van der Waals surface area contributed by atoms with E-state index < -0.39 is 11.9 Å². The van der Waals surface area contributed by atoms with Crippen molar-refractivity contribution < 1.29 is 23.5 Å².